The third-order valence-corrected chi connectivity index (χ3v) is 3.99. The number of benzene rings is 2. The predicted octanol–water partition coefficient (Wildman–Crippen LogP) is 4.27. The fourth-order valence-corrected chi connectivity index (χ4v) is 2.37. The molecular weight excluding hydrogens is 375 g/mol. The number of nitrogens with zero attached hydrogens (tertiary/aromatic N) is 1. The number of hydrogen-bond acceptors (Lipinski definition) is 4. The van der Waals surface area contributed by atoms with E-state index in [4.69, 9.17) is 39.5 Å². The van der Waals surface area contributed by atoms with Gasteiger partial charge in [0.25, 0.3) is 5.91 Å². The molecule has 0 aliphatic heterocycles. The van der Waals surface area contributed by atoms with Gasteiger partial charge in [0.05, 0.1) is 20.8 Å². The number of phenolic OH excluding ortho intramolecular Hbond substituents is 1. The smallest absolute Gasteiger partial charge is 0.277 e. The lowest BCUT2D eigenvalue weighted by molar-refractivity contribution is -0.123. The first-order chi connectivity index (χ1) is 11.4. The number of hydrazone groups is 1. The number of aromatic hydroxyl groups is 1. The van der Waals surface area contributed by atoms with Crippen LogP contribution in [0.25, 0.3) is 0 Å². The van der Waals surface area contributed by atoms with Gasteiger partial charge >= 0.3 is 0 Å². The van der Waals surface area contributed by atoms with E-state index in [0.29, 0.717) is 16.3 Å². The Hall–Kier alpha value is -1.95. The molecule has 8 heteroatoms. The van der Waals surface area contributed by atoms with Gasteiger partial charge in [-0.05, 0) is 25.1 Å². The third-order valence-electron chi connectivity index (χ3n) is 2.98. The van der Waals surface area contributed by atoms with Crippen LogP contribution in [0.5, 0.6) is 11.5 Å². The van der Waals surface area contributed by atoms with Gasteiger partial charge in [-0.3, -0.25) is 4.79 Å². The molecule has 0 saturated carbocycles. The molecule has 2 N–H and O–H groups in total. The van der Waals surface area contributed by atoms with E-state index >= 15 is 0 Å². The van der Waals surface area contributed by atoms with Gasteiger partial charge in [0.15, 0.2) is 6.61 Å². The molecule has 0 heterocycles. The van der Waals surface area contributed by atoms with Crippen molar-refractivity contribution in [2.75, 3.05) is 6.61 Å². The first-order valence-electron chi connectivity index (χ1n) is 6.77. The summed E-state index contributed by atoms with van der Waals surface area (Å²) in [5.41, 5.74) is 3.31. The first kappa shape index (κ1) is 18.4. The van der Waals surface area contributed by atoms with Gasteiger partial charge in [-0.25, -0.2) is 5.43 Å². The van der Waals surface area contributed by atoms with Gasteiger partial charge in [0.2, 0.25) is 0 Å². The molecule has 2 aromatic carbocycles. The van der Waals surface area contributed by atoms with Gasteiger partial charge in [0.1, 0.15) is 11.5 Å². The highest BCUT2D eigenvalue weighted by Crippen LogP contribution is 2.33. The second kappa shape index (κ2) is 8.24. The number of nitrogens with one attached hydrogen (secondary N) is 1. The number of amides is 1. The highest BCUT2D eigenvalue weighted by molar-refractivity contribution is 6.43. The molecule has 0 bridgehead atoms. The Morgan fingerprint density at radius 3 is 2.54 bits per heavy atom. The van der Waals surface area contributed by atoms with E-state index in [-0.39, 0.29) is 28.2 Å². The minimum absolute atomic E-state index is 0.0758. The van der Waals surface area contributed by atoms with Gasteiger partial charge in [-0.2, -0.15) is 5.10 Å². The summed E-state index contributed by atoms with van der Waals surface area (Å²) in [6.45, 7) is 1.35. The van der Waals surface area contributed by atoms with E-state index in [1.165, 1.54) is 18.2 Å². The van der Waals surface area contributed by atoms with Crippen LogP contribution in [0.3, 0.4) is 0 Å². The Labute approximate surface area is 153 Å². The topological polar surface area (TPSA) is 70.9 Å². The molecule has 2 rings (SSSR count). The zero-order valence-electron chi connectivity index (χ0n) is 12.5. The molecule has 126 valence electrons. The van der Waals surface area contributed by atoms with E-state index in [9.17, 15) is 9.90 Å². The molecule has 2 aromatic rings. The predicted molar refractivity (Wildman–Crippen MR) is 95.4 cm³/mol. The summed E-state index contributed by atoms with van der Waals surface area (Å²) >= 11 is 17.6. The van der Waals surface area contributed by atoms with Crippen molar-refractivity contribution < 1.29 is 14.6 Å². The van der Waals surface area contributed by atoms with Crippen molar-refractivity contribution in [3.05, 3.63) is 57.0 Å². The van der Waals surface area contributed by atoms with Crippen molar-refractivity contribution in [3.8, 4) is 11.5 Å². The molecule has 0 radical (unpaired) electrons. The first-order valence-corrected chi connectivity index (χ1v) is 7.90. The van der Waals surface area contributed by atoms with Gasteiger partial charge in [-0.15, -0.1) is 0 Å². The van der Waals surface area contributed by atoms with E-state index in [2.05, 4.69) is 10.5 Å². The lowest BCUT2D eigenvalue weighted by atomic mass is 10.1. The van der Waals surface area contributed by atoms with Crippen LogP contribution in [0.1, 0.15) is 12.5 Å². The molecule has 0 aliphatic rings. The van der Waals surface area contributed by atoms with Gasteiger partial charge in [-0.1, -0.05) is 46.9 Å². The fraction of sp³-hybridized carbons (Fsp3) is 0.125. The number of hydrogen-bond donors (Lipinski definition) is 2. The van der Waals surface area contributed by atoms with Crippen LogP contribution in [0.15, 0.2) is 41.5 Å². The number of ether oxygens (including phenoxy) is 1. The maximum atomic E-state index is 11.8. The second-order valence-electron chi connectivity index (χ2n) is 4.73. The van der Waals surface area contributed by atoms with Crippen LogP contribution in [0.2, 0.25) is 15.1 Å². The number of rotatable bonds is 5. The van der Waals surface area contributed by atoms with Crippen LogP contribution in [0, 0.1) is 0 Å². The Kier molecular flexibility index (Phi) is 6.31. The molecule has 0 aliphatic carbocycles. The molecule has 5 nitrogen and oxygen atoms in total. The van der Waals surface area contributed by atoms with E-state index in [1.54, 1.807) is 25.1 Å². The zero-order valence-corrected chi connectivity index (χ0v) is 14.8. The van der Waals surface area contributed by atoms with Crippen molar-refractivity contribution in [3.63, 3.8) is 0 Å². The van der Waals surface area contributed by atoms with Crippen LogP contribution in [0.4, 0.5) is 0 Å². The Bertz CT molecular complexity index is 794. The monoisotopic (exact) mass is 386 g/mol. The summed E-state index contributed by atoms with van der Waals surface area (Å²) in [4.78, 5) is 11.8. The molecule has 0 aromatic heterocycles. The van der Waals surface area contributed by atoms with Crippen LogP contribution in [-0.2, 0) is 4.79 Å². The van der Waals surface area contributed by atoms with Gasteiger partial charge < -0.3 is 9.84 Å². The van der Waals surface area contributed by atoms with Crippen LogP contribution < -0.4 is 10.2 Å². The number of carbonyl (C=O) groups excluding carboxylic acids is 1. The fourth-order valence-electron chi connectivity index (χ4n) is 1.78. The largest absolute Gasteiger partial charge is 0.507 e. The van der Waals surface area contributed by atoms with Crippen molar-refractivity contribution in [1.29, 1.82) is 0 Å². The Morgan fingerprint density at radius 2 is 1.83 bits per heavy atom. The molecule has 0 unspecified atom stereocenters. The summed E-state index contributed by atoms with van der Waals surface area (Å²) in [6, 6.07) is 9.53. The Balaban J connectivity index is 1.96. The molecular formula is C16H13Cl3N2O3. The molecule has 0 saturated heterocycles. The summed E-state index contributed by atoms with van der Waals surface area (Å²) in [7, 11) is 0. The van der Waals surface area contributed by atoms with Crippen molar-refractivity contribution >= 4 is 46.4 Å². The van der Waals surface area contributed by atoms with Crippen LogP contribution in [-0.4, -0.2) is 23.3 Å². The lowest BCUT2D eigenvalue weighted by Gasteiger charge is -2.09. The quantitative estimate of drug-likeness (QED) is 0.457. The zero-order chi connectivity index (χ0) is 17.7. The standard InChI is InChI=1S/C16H13Cl3N2O3/c1-9(10-4-2-3-5-14(10)22)20-21-16(23)8-24-15-7-12(18)11(17)6-13(15)19/h2-7,22H,8H2,1H3,(H,21,23). The summed E-state index contributed by atoms with van der Waals surface area (Å²) in [5.74, 6) is -0.179. The van der Waals surface area contributed by atoms with Crippen molar-refractivity contribution in [2.24, 2.45) is 5.10 Å². The summed E-state index contributed by atoms with van der Waals surface area (Å²) < 4.78 is 5.29. The maximum Gasteiger partial charge on any atom is 0.277 e. The SMILES string of the molecule is CC(=NNC(=O)COc1cc(Cl)c(Cl)cc1Cl)c1ccccc1O. The number of para-hydroxylation sites is 1. The molecule has 24 heavy (non-hydrogen) atoms. The van der Waals surface area contributed by atoms with Crippen LogP contribution >= 0.6 is 34.8 Å². The lowest BCUT2D eigenvalue weighted by Crippen LogP contribution is -2.25. The average Bonchev–Trinajstić information content (AvgIpc) is 2.55. The third kappa shape index (κ3) is 4.77. The average molecular weight is 388 g/mol. The summed E-state index contributed by atoms with van der Waals surface area (Å²) in [6.07, 6.45) is 0. The molecule has 0 atom stereocenters. The molecule has 0 fully saturated rings. The Morgan fingerprint density at radius 1 is 1.17 bits per heavy atom. The van der Waals surface area contributed by atoms with Crippen molar-refractivity contribution in [2.45, 2.75) is 6.92 Å². The van der Waals surface area contributed by atoms with E-state index in [1.807, 2.05) is 0 Å². The number of halogens is 3. The second-order valence-corrected chi connectivity index (χ2v) is 5.96. The van der Waals surface area contributed by atoms with Gasteiger partial charge in [0, 0.05) is 11.6 Å². The van der Waals surface area contributed by atoms with Crippen molar-refractivity contribution in [1.82, 2.24) is 5.43 Å². The highest BCUT2D eigenvalue weighted by Gasteiger charge is 2.10. The van der Waals surface area contributed by atoms with E-state index in [0.717, 1.165) is 0 Å². The molecule has 1 amide bonds. The minimum Gasteiger partial charge on any atom is -0.507 e. The summed E-state index contributed by atoms with van der Waals surface area (Å²) in [5, 5.41) is 14.4. The normalized spacial score (nSPS) is 11.2. The van der Waals surface area contributed by atoms with E-state index < -0.39 is 5.91 Å². The number of phenols is 1. The maximum absolute atomic E-state index is 11.8. The highest BCUT2D eigenvalue weighted by atomic mass is 35.5. The minimum atomic E-state index is -0.494. The molecule has 0 spiro atoms. The number of carbonyl (C=O) groups is 1.